The molecule has 0 radical (unpaired) electrons. The van der Waals surface area contributed by atoms with Crippen LogP contribution in [0.5, 0.6) is 34.5 Å². The lowest BCUT2D eigenvalue weighted by Crippen LogP contribution is -2.18. The Morgan fingerprint density at radius 3 is 0.776 bits per heavy atom. The maximum Gasteiger partial charge on any atom is 0.126 e. The molecule has 276 valence electrons. The lowest BCUT2D eigenvalue weighted by Gasteiger charge is -2.29. The summed E-state index contributed by atoms with van der Waals surface area (Å²) in [4.78, 5) is 0. The van der Waals surface area contributed by atoms with Gasteiger partial charge in [0.15, 0.2) is 0 Å². The summed E-state index contributed by atoms with van der Waals surface area (Å²) in [6, 6.07) is 10.2. The SMILES string of the molecule is CC(C)(C)c1cc(O)c(C(C)(C)C)cc1O.CC(C)(C)c1cc(O)cc(C(C)(C)C)c1O.COc1c(C(C)(C)C)cc(O)cc1C(C)(C)C. The Bertz CT molecular complexity index is 1460. The van der Waals surface area contributed by atoms with Crippen LogP contribution in [0.1, 0.15) is 158 Å². The molecule has 6 heteroatoms. The van der Waals surface area contributed by atoms with Crippen molar-refractivity contribution in [2.45, 2.75) is 157 Å². The second-order valence-electron chi connectivity index (χ2n) is 19.4. The molecule has 0 spiro atoms. The van der Waals surface area contributed by atoms with Gasteiger partial charge in [-0.25, -0.2) is 0 Å². The van der Waals surface area contributed by atoms with Crippen LogP contribution in [0.3, 0.4) is 0 Å². The summed E-state index contributed by atoms with van der Waals surface area (Å²) in [5.74, 6) is 2.24. The Morgan fingerprint density at radius 2 is 0.571 bits per heavy atom. The molecule has 3 aromatic carbocycles. The van der Waals surface area contributed by atoms with Gasteiger partial charge in [0.2, 0.25) is 0 Å². The Hall–Kier alpha value is -3.54. The third-order valence-electron chi connectivity index (χ3n) is 8.33. The number of rotatable bonds is 1. The number of hydrogen-bond donors (Lipinski definition) is 5. The summed E-state index contributed by atoms with van der Waals surface area (Å²) in [7, 11) is 1.69. The van der Waals surface area contributed by atoms with E-state index < -0.39 is 0 Å². The molecule has 3 rings (SSSR count). The number of ether oxygens (including phenoxy) is 1. The van der Waals surface area contributed by atoms with Gasteiger partial charge in [-0.1, -0.05) is 125 Å². The highest BCUT2D eigenvalue weighted by Gasteiger charge is 2.29. The lowest BCUT2D eigenvalue weighted by atomic mass is 9.79. The van der Waals surface area contributed by atoms with Gasteiger partial charge in [0.05, 0.1) is 7.11 Å². The molecule has 0 bridgehead atoms. The average Bonchev–Trinajstić information content (AvgIpc) is 2.87. The molecule has 5 N–H and O–H groups in total. The fourth-order valence-corrected chi connectivity index (χ4v) is 5.49. The van der Waals surface area contributed by atoms with Crippen molar-refractivity contribution < 1.29 is 30.3 Å². The Balaban J connectivity index is 0.000000368. The van der Waals surface area contributed by atoms with Crippen molar-refractivity contribution in [2.75, 3.05) is 7.11 Å². The summed E-state index contributed by atoms with van der Waals surface area (Å²) in [5.41, 5.74) is 4.43. The van der Waals surface area contributed by atoms with E-state index in [0.29, 0.717) is 11.5 Å². The van der Waals surface area contributed by atoms with E-state index >= 15 is 0 Å². The van der Waals surface area contributed by atoms with Crippen molar-refractivity contribution >= 4 is 0 Å². The van der Waals surface area contributed by atoms with E-state index in [2.05, 4.69) is 41.5 Å². The molecule has 0 fully saturated rings. The summed E-state index contributed by atoms with van der Waals surface area (Å²) in [6.45, 7) is 36.9. The van der Waals surface area contributed by atoms with Gasteiger partial charge in [-0.05, 0) is 68.9 Å². The van der Waals surface area contributed by atoms with Gasteiger partial charge >= 0.3 is 0 Å². The van der Waals surface area contributed by atoms with E-state index in [0.717, 1.165) is 39.1 Å². The number of phenols is 5. The van der Waals surface area contributed by atoms with Crippen molar-refractivity contribution in [2.24, 2.45) is 0 Å². The maximum atomic E-state index is 10.3. The quantitative estimate of drug-likeness (QED) is 0.164. The molecule has 0 amide bonds. The predicted molar refractivity (Wildman–Crippen MR) is 206 cm³/mol. The molecule has 0 aliphatic carbocycles. The fraction of sp³-hybridized carbons (Fsp3) is 0.581. The van der Waals surface area contributed by atoms with Gasteiger partial charge in [0.25, 0.3) is 0 Å². The molecule has 0 heterocycles. The first-order valence-electron chi connectivity index (χ1n) is 17.2. The number of aromatic hydroxyl groups is 5. The van der Waals surface area contributed by atoms with Crippen LogP contribution in [0.2, 0.25) is 0 Å². The van der Waals surface area contributed by atoms with E-state index in [4.69, 9.17) is 4.74 Å². The normalized spacial score (nSPS) is 12.8. The number of methoxy groups -OCH3 is 1. The largest absolute Gasteiger partial charge is 0.508 e. The third-order valence-corrected chi connectivity index (χ3v) is 8.33. The van der Waals surface area contributed by atoms with Gasteiger partial charge in [0.1, 0.15) is 34.5 Å². The van der Waals surface area contributed by atoms with E-state index in [1.807, 2.05) is 83.1 Å². The van der Waals surface area contributed by atoms with Crippen molar-refractivity contribution in [1.29, 1.82) is 0 Å². The van der Waals surface area contributed by atoms with E-state index in [1.54, 1.807) is 43.5 Å². The van der Waals surface area contributed by atoms with Crippen LogP contribution >= 0.6 is 0 Å². The first kappa shape index (κ1) is 43.5. The molecule has 0 aliphatic heterocycles. The smallest absolute Gasteiger partial charge is 0.126 e. The predicted octanol–water partition coefficient (Wildman–Crippen LogP) is 11.4. The molecule has 0 aliphatic rings. The minimum absolute atomic E-state index is 0.0515. The third kappa shape index (κ3) is 11.8. The van der Waals surface area contributed by atoms with E-state index in [1.165, 1.54) is 0 Å². The molecule has 3 aromatic rings. The molecular formula is C43H68O6. The summed E-state index contributed by atoms with van der Waals surface area (Å²) in [6.07, 6.45) is 0. The summed E-state index contributed by atoms with van der Waals surface area (Å²) in [5, 5.41) is 49.9. The first-order chi connectivity index (χ1) is 21.6. The molecule has 0 saturated carbocycles. The topological polar surface area (TPSA) is 110 Å². The summed E-state index contributed by atoms with van der Waals surface area (Å²) >= 11 is 0. The molecule has 0 aromatic heterocycles. The molecular weight excluding hydrogens is 612 g/mol. The van der Waals surface area contributed by atoms with Gasteiger partial charge < -0.3 is 30.3 Å². The molecule has 49 heavy (non-hydrogen) atoms. The monoisotopic (exact) mass is 681 g/mol. The minimum Gasteiger partial charge on any atom is -0.508 e. The highest BCUT2D eigenvalue weighted by Crippen LogP contribution is 2.43. The fourth-order valence-electron chi connectivity index (χ4n) is 5.49. The zero-order valence-corrected chi connectivity index (χ0v) is 34.1. The Kier molecular flexibility index (Phi) is 13.1. The Morgan fingerprint density at radius 1 is 0.347 bits per heavy atom. The standard InChI is InChI=1S/C15H24O2.2C14H22O2/c1-14(2,3)11-8-10(16)9-12(13(11)17-7)15(4,5)6;1-13(2,3)9-7-12(16)10(8-11(9)15)14(4,5)6;1-13(2,3)10-7-9(15)8-11(12(10)16)14(4,5)6/h8-9,16H,1-7H3;2*7-8,15-16H,1-6H3. The highest BCUT2D eigenvalue weighted by molar-refractivity contribution is 5.53. The number of benzene rings is 3. The maximum absolute atomic E-state index is 10.3. The lowest BCUT2D eigenvalue weighted by molar-refractivity contribution is 0.377. The highest BCUT2D eigenvalue weighted by atomic mass is 16.5. The first-order valence-corrected chi connectivity index (χ1v) is 17.2. The van der Waals surface area contributed by atoms with Crippen molar-refractivity contribution in [1.82, 2.24) is 0 Å². The average molecular weight is 681 g/mol. The molecule has 0 saturated heterocycles. The van der Waals surface area contributed by atoms with E-state index in [9.17, 15) is 25.5 Å². The van der Waals surface area contributed by atoms with Gasteiger partial charge in [-0.3, -0.25) is 0 Å². The summed E-state index contributed by atoms with van der Waals surface area (Å²) < 4.78 is 5.57. The van der Waals surface area contributed by atoms with Crippen LogP contribution in [0, 0.1) is 0 Å². The van der Waals surface area contributed by atoms with Crippen LogP contribution in [-0.4, -0.2) is 32.6 Å². The van der Waals surface area contributed by atoms with Crippen molar-refractivity contribution in [3.8, 4) is 34.5 Å². The van der Waals surface area contributed by atoms with E-state index in [-0.39, 0.29) is 49.7 Å². The van der Waals surface area contributed by atoms with Crippen molar-refractivity contribution in [3.63, 3.8) is 0 Å². The second-order valence-corrected chi connectivity index (χ2v) is 19.4. The zero-order chi connectivity index (χ0) is 38.9. The molecule has 0 unspecified atom stereocenters. The van der Waals surface area contributed by atoms with Crippen LogP contribution < -0.4 is 4.74 Å². The van der Waals surface area contributed by atoms with Crippen LogP contribution in [0.25, 0.3) is 0 Å². The van der Waals surface area contributed by atoms with Gasteiger partial charge in [-0.2, -0.15) is 0 Å². The van der Waals surface area contributed by atoms with Gasteiger partial charge in [-0.15, -0.1) is 0 Å². The van der Waals surface area contributed by atoms with Crippen LogP contribution in [0.15, 0.2) is 36.4 Å². The van der Waals surface area contributed by atoms with Gasteiger partial charge in [0, 0.05) is 33.4 Å². The molecule has 0 atom stereocenters. The Labute approximate surface area is 298 Å². The molecule has 6 nitrogen and oxygen atoms in total. The second kappa shape index (κ2) is 14.7. The number of phenolic OH excluding ortho intramolecular Hbond substituents is 5. The zero-order valence-electron chi connectivity index (χ0n) is 34.1. The minimum atomic E-state index is -0.178. The van der Waals surface area contributed by atoms with Crippen molar-refractivity contribution in [3.05, 3.63) is 69.8 Å². The number of hydrogen-bond acceptors (Lipinski definition) is 6. The van der Waals surface area contributed by atoms with Crippen LogP contribution in [-0.2, 0) is 32.5 Å². The van der Waals surface area contributed by atoms with Crippen LogP contribution in [0.4, 0.5) is 0 Å².